The smallest absolute Gasteiger partial charge is 0.132 e. The molecule has 1 aromatic rings. The van der Waals surface area contributed by atoms with Crippen LogP contribution in [0.2, 0.25) is 0 Å². The van der Waals surface area contributed by atoms with Gasteiger partial charge in [-0.3, -0.25) is 4.48 Å². The first kappa shape index (κ1) is 11.1. The second-order valence-electron chi connectivity index (χ2n) is 3.85. The molecule has 0 heterocycles. The molecular formula is C10H17NO. The van der Waals surface area contributed by atoms with Gasteiger partial charge in [-0.05, 0) is 19.1 Å². The van der Waals surface area contributed by atoms with Crippen molar-refractivity contribution in [2.75, 3.05) is 21.1 Å². The van der Waals surface area contributed by atoms with E-state index in [9.17, 15) is 0 Å². The third-order valence-corrected chi connectivity index (χ3v) is 1.81. The first-order valence-electron chi connectivity index (χ1n) is 3.89. The summed E-state index contributed by atoms with van der Waals surface area (Å²) in [6, 6.07) is 8.66. The van der Waals surface area contributed by atoms with Crippen molar-refractivity contribution < 1.29 is 5.48 Å². The van der Waals surface area contributed by atoms with E-state index >= 15 is 0 Å². The van der Waals surface area contributed by atoms with E-state index in [-0.39, 0.29) is 5.48 Å². The molecule has 0 bridgehead atoms. The number of benzene rings is 1. The molecule has 0 unspecified atom stereocenters. The Morgan fingerprint density at radius 3 is 1.67 bits per heavy atom. The number of quaternary nitrogens is 1. The van der Waals surface area contributed by atoms with E-state index in [2.05, 4.69) is 52.3 Å². The standard InChI is InChI=1S/C10H16N.H2O/c1-9-5-7-10(8-6-9)11(2,3)4;/h5-8H,1-4H3;1H2/q+1;/p-1. The Labute approximate surface area is 74.3 Å². The van der Waals surface area contributed by atoms with Crippen molar-refractivity contribution in [3.63, 3.8) is 0 Å². The fourth-order valence-corrected chi connectivity index (χ4v) is 0.992. The minimum absolute atomic E-state index is 0. The van der Waals surface area contributed by atoms with Crippen molar-refractivity contribution in [1.82, 2.24) is 4.48 Å². The molecule has 1 aromatic carbocycles. The van der Waals surface area contributed by atoms with E-state index in [0.29, 0.717) is 0 Å². The zero-order valence-corrected chi connectivity index (χ0v) is 8.20. The Bertz CT molecular complexity index is 233. The van der Waals surface area contributed by atoms with Crippen molar-refractivity contribution in [3.8, 4) is 0 Å². The zero-order chi connectivity index (χ0) is 8.48. The number of hydrogen-bond donors (Lipinski definition) is 0. The molecule has 1 N–H and O–H groups in total. The molecule has 0 aromatic heterocycles. The quantitative estimate of drug-likeness (QED) is 0.588. The van der Waals surface area contributed by atoms with Crippen LogP contribution in [0.4, 0.5) is 5.69 Å². The number of rotatable bonds is 1. The molecule has 2 heteroatoms. The minimum Gasteiger partial charge on any atom is -0.870 e. The maximum Gasteiger partial charge on any atom is 0.132 e. The Morgan fingerprint density at radius 2 is 1.33 bits per heavy atom. The molecule has 0 radical (unpaired) electrons. The van der Waals surface area contributed by atoms with Crippen LogP contribution in [0, 0.1) is 6.92 Å². The highest BCUT2D eigenvalue weighted by atomic mass is 16.0. The number of hydrogen-bond acceptors (Lipinski definition) is 1. The summed E-state index contributed by atoms with van der Waals surface area (Å²) in [4.78, 5) is 0. The molecular weight excluding hydrogens is 150 g/mol. The van der Waals surface area contributed by atoms with Gasteiger partial charge in [-0.2, -0.15) is 0 Å². The van der Waals surface area contributed by atoms with Crippen LogP contribution in [0.1, 0.15) is 5.56 Å². The van der Waals surface area contributed by atoms with Crippen molar-refractivity contribution in [1.29, 1.82) is 0 Å². The molecule has 0 amide bonds. The lowest BCUT2D eigenvalue weighted by Gasteiger charge is -2.23. The van der Waals surface area contributed by atoms with Gasteiger partial charge in [0.25, 0.3) is 0 Å². The van der Waals surface area contributed by atoms with Gasteiger partial charge in [0.15, 0.2) is 0 Å². The molecule has 68 valence electrons. The van der Waals surface area contributed by atoms with Crippen LogP contribution < -0.4 is 4.48 Å². The van der Waals surface area contributed by atoms with Gasteiger partial charge in [0.05, 0.1) is 21.1 Å². The molecule has 0 saturated carbocycles. The number of aryl methyl sites for hydroxylation is 1. The van der Waals surface area contributed by atoms with Crippen molar-refractivity contribution >= 4 is 5.69 Å². The average molecular weight is 167 g/mol. The maximum absolute atomic E-state index is 2.18. The van der Waals surface area contributed by atoms with Crippen molar-refractivity contribution in [2.24, 2.45) is 0 Å². The average Bonchev–Trinajstić information content (AvgIpc) is 1.86. The normalized spacial score (nSPS) is 10.7. The molecule has 0 aliphatic heterocycles. The van der Waals surface area contributed by atoms with E-state index in [0.717, 1.165) is 4.48 Å². The summed E-state index contributed by atoms with van der Waals surface area (Å²) in [6.07, 6.45) is 0. The van der Waals surface area contributed by atoms with Gasteiger partial charge in [0.1, 0.15) is 5.69 Å². The third kappa shape index (κ3) is 2.64. The third-order valence-electron chi connectivity index (χ3n) is 1.81. The van der Waals surface area contributed by atoms with Crippen LogP contribution in [-0.4, -0.2) is 26.6 Å². The van der Waals surface area contributed by atoms with Gasteiger partial charge in [0, 0.05) is 0 Å². The van der Waals surface area contributed by atoms with E-state index in [1.165, 1.54) is 11.3 Å². The predicted octanol–water partition coefficient (Wildman–Crippen LogP) is 2.01. The largest absolute Gasteiger partial charge is 0.870 e. The summed E-state index contributed by atoms with van der Waals surface area (Å²) < 4.78 is 0.889. The van der Waals surface area contributed by atoms with E-state index in [1.54, 1.807) is 0 Å². The summed E-state index contributed by atoms with van der Waals surface area (Å²) in [5, 5.41) is 0. The molecule has 0 atom stereocenters. The topological polar surface area (TPSA) is 30.0 Å². The van der Waals surface area contributed by atoms with E-state index in [4.69, 9.17) is 0 Å². The van der Waals surface area contributed by atoms with E-state index in [1.807, 2.05) is 0 Å². The number of nitrogens with zero attached hydrogens (tertiary/aromatic N) is 1. The van der Waals surface area contributed by atoms with Crippen LogP contribution in [0.25, 0.3) is 0 Å². The van der Waals surface area contributed by atoms with Gasteiger partial charge in [-0.15, -0.1) is 0 Å². The van der Waals surface area contributed by atoms with Crippen molar-refractivity contribution in [3.05, 3.63) is 29.8 Å². The minimum atomic E-state index is 0. The van der Waals surface area contributed by atoms with Crippen LogP contribution in [0.15, 0.2) is 24.3 Å². The second kappa shape index (κ2) is 3.70. The molecule has 0 aliphatic carbocycles. The molecule has 12 heavy (non-hydrogen) atoms. The monoisotopic (exact) mass is 167 g/mol. The summed E-state index contributed by atoms with van der Waals surface area (Å²) >= 11 is 0. The van der Waals surface area contributed by atoms with Gasteiger partial charge in [-0.25, -0.2) is 0 Å². The van der Waals surface area contributed by atoms with Crippen LogP contribution >= 0.6 is 0 Å². The Balaban J connectivity index is 0.00000121. The van der Waals surface area contributed by atoms with Crippen LogP contribution in [0.5, 0.6) is 0 Å². The van der Waals surface area contributed by atoms with Gasteiger partial charge in [-0.1, -0.05) is 17.7 Å². The highest BCUT2D eigenvalue weighted by molar-refractivity contribution is 5.42. The summed E-state index contributed by atoms with van der Waals surface area (Å²) in [6.45, 7) is 2.11. The van der Waals surface area contributed by atoms with E-state index < -0.39 is 0 Å². The predicted molar refractivity (Wildman–Crippen MR) is 52.7 cm³/mol. The lowest BCUT2D eigenvalue weighted by Crippen LogP contribution is -2.34. The van der Waals surface area contributed by atoms with Crippen LogP contribution in [0.3, 0.4) is 0 Å². The Kier molecular flexibility index (Phi) is 3.43. The highest BCUT2D eigenvalue weighted by Gasteiger charge is 2.09. The first-order chi connectivity index (χ1) is 5.00. The Hall–Kier alpha value is -0.860. The zero-order valence-electron chi connectivity index (χ0n) is 8.20. The Morgan fingerprint density at radius 1 is 0.917 bits per heavy atom. The molecule has 0 fully saturated rings. The highest BCUT2D eigenvalue weighted by Crippen LogP contribution is 2.16. The summed E-state index contributed by atoms with van der Waals surface area (Å²) in [5.74, 6) is 0. The molecule has 2 nitrogen and oxygen atoms in total. The molecule has 0 spiro atoms. The second-order valence-corrected chi connectivity index (χ2v) is 3.85. The fraction of sp³-hybridized carbons (Fsp3) is 0.400. The first-order valence-corrected chi connectivity index (χ1v) is 3.89. The van der Waals surface area contributed by atoms with Gasteiger partial charge >= 0.3 is 0 Å². The summed E-state index contributed by atoms with van der Waals surface area (Å²) in [5.41, 5.74) is 2.66. The fourth-order valence-electron chi connectivity index (χ4n) is 0.992. The molecule has 0 aliphatic rings. The lowest BCUT2D eigenvalue weighted by molar-refractivity contribution is 0.486. The lowest BCUT2D eigenvalue weighted by atomic mass is 10.2. The molecule has 1 rings (SSSR count). The van der Waals surface area contributed by atoms with Gasteiger partial charge in [0.2, 0.25) is 0 Å². The van der Waals surface area contributed by atoms with Crippen molar-refractivity contribution in [2.45, 2.75) is 6.92 Å². The van der Waals surface area contributed by atoms with Gasteiger partial charge < -0.3 is 5.48 Å². The SMILES string of the molecule is Cc1ccc([N+](C)(C)C)cc1.[OH-]. The molecule has 0 saturated heterocycles. The summed E-state index contributed by atoms with van der Waals surface area (Å²) in [7, 11) is 6.51. The van der Waals surface area contributed by atoms with Crippen LogP contribution in [-0.2, 0) is 0 Å². The maximum atomic E-state index is 2.18.